The highest BCUT2D eigenvalue weighted by Crippen LogP contribution is 2.11. The molecule has 2 N–H and O–H groups in total. The van der Waals surface area contributed by atoms with Crippen LogP contribution in [0, 0.1) is 0 Å². The molecule has 4 nitrogen and oxygen atoms in total. The lowest BCUT2D eigenvalue weighted by molar-refractivity contribution is -0.0505. The topological polar surface area (TPSA) is 58.3 Å². The van der Waals surface area contributed by atoms with Crippen LogP contribution in [0.2, 0.25) is 0 Å². The van der Waals surface area contributed by atoms with Crippen LogP contribution in [-0.4, -0.2) is 26.1 Å². The molecule has 13 heavy (non-hydrogen) atoms. The highest BCUT2D eigenvalue weighted by molar-refractivity contribution is 5.74. The molecule has 1 heterocycles. The van der Waals surface area contributed by atoms with Gasteiger partial charge in [-0.25, -0.2) is 4.98 Å². The van der Waals surface area contributed by atoms with Crippen molar-refractivity contribution in [3.8, 4) is 0 Å². The lowest BCUT2D eigenvalue weighted by Crippen LogP contribution is -2.13. The number of aliphatic hydroxyl groups is 2. The van der Waals surface area contributed by atoms with E-state index < -0.39 is 6.29 Å². The Morgan fingerprint density at radius 3 is 2.85 bits per heavy atom. The summed E-state index contributed by atoms with van der Waals surface area (Å²) >= 11 is 0. The van der Waals surface area contributed by atoms with Gasteiger partial charge in [-0.3, -0.25) is 0 Å². The Hall–Kier alpha value is -1.39. The molecular formula is C9H10N2O2. The third kappa shape index (κ3) is 1.54. The van der Waals surface area contributed by atoms with Crippen LogP contribution in [-0.2, 0) is 6.54 Å². The second kappa shape index (κ2) is 3.16. The summed E-state index contributed by atoms with van der Waals surface area (Å²) in [6.07, 6.45) is 0.266. The highest BCUT2D eigenvalue weighted by atomic mass is 16.5. The fourth-order valence-electron chi connectivity index (χ4n) is 1.33. The number of aromatic nitrogens is 2. The van der Waals surface area contributed by atoms with Crippen LogP contribution in [0.1, 0.15) is 0 Å². The molecule has 0 aliphatic rings. The lowest BCUT2D eigenvalue weighted by atomic mass is 10.3. The predicted octanol–water partition coefficient (Wildman–Crippen LogP) is 0.347. The van der Waals surface area contributed by atoms with Crippen molar-refractivity contribution in [2.45, 2.75) is 12.8 Å². The fraction of sp³-hybridized carbons (Fsp3) is 0.222. The van der Waals surface area contributed by atoms with Gasteiger partial charge in [0.1, 0.15) is 0 Å². The van der Waals surface area contributed by atoms with Crippen LogP contribution < -0.4 is 0 Å². The van der Waals surface area contributed by atoms with Crippen molar-refractivity contribution in [1.29, 1.82) is 0 Å². The van der Waals surface area contributed by atoms with Gasteiger partial charge >= 0.3 is 0 Å². The van der Waals surface area contributed by atoms with Crippen molar-refractivity contribution in [2.75, 3.05) is 0 Å². The van der Waals surface area contributed by atoms with Gasteiger partial charge in [0.05, 0.1) is 23.9 Å². The SMILES string of the molecule is OC(O)Cn1cnc2ccccc21. The number of hydrogen-bond donors (Lipinski definition) is 2. The standard InChI is InChI=1S/C9H10N2O2/c12-9(13)5-11-6-10-7-3-1-2-4-8(7)11/h1-4,6,9,12-13H,5H2. The number of fused-ring (bicyclic) bond motifs is 1. The average molecular weight is 178 g/mol. The molecule has 0 saturated carbocycles. The summed E-state index contributed by atoms with van der Waals surface area (Å²) in [7, 11) is 0. The first kappa shape index (κ1) is 8.22. The van der Waals surface area contributed by atoms with Crippen LogP contribution in [0.3, 0.4) is 0 Å². The summed E-state index contributed by atoms with van der Waals surface area (Å²) < 4.78 is 1.71. The van der Waals surface area contributed by atoms with Crippen LogP contribution in [0.4, 0.5) is 0 Å². The van der Waals surface area contributed by atoms with Crippen LogP contribution in [0.5, 0.6) is 0 Å². The fourth-order valence-corrected chi connectivity index (χ4v) is 1.33. The van der Waals surface area contributed by atoms with E-state index in [9.17, 15) is 0 Å². The molecule has 0 bridgehead atoms. The van der Waals surface area contributed by atoms with Crippen molar-refractivity contribution >= 4 is 11.0 Å². The molecule has 2 rings (SSSR count). The zero-order chi connectivity index (χ0) is 9.26. The smallest absolute Gasteiger partial charge is 0.169 e. The minimum absolute atomic E-state index is 0.153. The molecule has 0 atom stereocenters. The molecule has 0 amide bonds. The maximum absolute atomic E-state index is 8.79. The molecule has 1 aromatic carbocycles. The van der Waals surface area contributed by atoms with Crippen molar-refractivity contribution < 1.29 is 10.2 Å². The minimum atomic E-state index is -1.34. The molecular weight excluding hydrogens is 168 g/mol. The summed E-state index contributed by atoms with van der Waals surface area (Å²) in [5.41, 5.74) is 1.78. The molecule has 0 aliphatic heterocycles. The Balaban J connectivity index is 2.46. The number of aliphatic hydroxyl groups excluding tert-OH is 1. The summed E-state index contributed by atoms with van der Waals surface area (Å²) in [6, 6.07) is 7.57. The molecule has 68 valence electrons. The van der Waals surface area contributed by atoms with Crippen molar-refractivity contribution in [3.63, 3.8) is 0 Å². The van der Waals surface area contributed by atoms with Gasteiger partial charge in [-0.2, -0.15) is 0 Å². The van der Waals surface area contributed by atoms with Gasteiger partial charge in [0.2, 0.25) is 0 Å². The monoisotopic (exact) mass is 178 g/mol. The highest BCUT2D eigenvalue weighted by Gasteiger charge is 2.03. The minimum Gasteiger partial charge on any atom is -0.367 e. The molecule has 4 heteroatoms. The normalized spacial score (nSPS) is 11.3. The first-order valence-corrected chi connectivity index (χ1v) is 4.03. The van der Waals surface area contributed by atoms with Crippen LogP contribution >= 0.6 is 0 Å². The predicted molar refractivity (Wildman–Crippen MR) is 48.0 cm³/mol. The number of para-hydroxylation sites is 2. The van der Waals surface area contributed by atoms with E-state index in [4.69, 9.17) is 10.2 Å². The Kier molecular flexibility index (Phi) is 2.00. The van der Waals surface area contributed by atoms with E-state index in [-0.39, 0.29) is 6.54 Å². The van der Waals surface area contributed by atoms with Gasteiger partial charge in [-0.1, -0.05) is 12.1 Å². The summed E-state index contributed by atoms with van der Waals surface area (Å²) in [4.78, 5) is 4.11. The van der Waals surface area contributed by atoms with E-state index in [2.05, 4.69) is 4.98 Å². The van der Waals surface area contributed by atoms with E-state index >= 15 is 0 Å². The molecule has 0 radical (unpaired) electrons. The van der Waals surface area contributed by atoms with Crippen LogP contribution in [0.25, 0.3) is 11.0 Å². The first-order valence-electron chi connectivity index (χ1n) is 4.03. The number of hydrogen-bond acceptors (Lipinski definition) is 3. The lowest BCUT2D eigenvalue weighted by Gasteiger charge is -2.04. The summed E-state index contributed by atoms with van der Waals surface area (Å²) in [5, 5.41) is 17.6. The van der Waals surface area contributed by atoms with Gasteiger partial charge in [0.25, 0.3) is 0 Å². The number of nitrogens with zero attached hydrogens (tertiary/aromatic N) is 2. The maximum Gasteiger partial charge on any atom is 0.169 e. The second-order valence-corrected chi connectivity index (χ2v) is 2.87. The Morgan fingerprint density at radius 1 is 1.31 bits per heavy atom. The quantitative estimate of drug-likeness (QED) is 0.652. The summed E-state index contributed by atoms with van der Waals surface area (Å²) in [6.45, 7) is 0.153. The van der Waals surface area contributed by atoms with E-state index in [1.807, 2.05) is 24.3 Å². The first-order chi connectivity index (χ1) is 6.27. The third-order valence-corrected chi connectivity index (χ3v) is 1.89. The molecule has 0 aliphatic carbocycles. The Labute approximate surface area is 75.1 Å². The van der Waals surface area contributed by atoms with E-state index in [1.54, 1.807) is 10.9 Å². The van der Waals surface area contributed by atoms with Crippen molar-refractivity contribution in [3.05, 3.63) is 30.6 Å². The molecule has 0 saturated heterocycles. The molecule has 2 aromatic rings. The zero-order valence-electron chi connectivity index (χ0n) is 6.96. The van der Waals surface area contributed by atoms with E-state index in [0.717, 1.165) is 11.0 Å². The Morgan fingerprint density at radius 2 is 2.08 bits per heavy atom. The van der Waals surface area contributed by atoms with Gasteiger partial charge in [0.15, 0.2) is 6.29 Å². The van der Waals surface area contributed by atoms with Crippen molar-refractivity contribution in [1.82, 2.24) is 9.55 Å². The van der Waals surface area contributed by atoms with Crippen molar-refractivity contribution in [2.24, 2.45) is 0 Å². The summed E-state index contributed by atoms with van der Waals surface area (Å²) in [5.74, 6) is 0. The van der Waals surface area contributed by atoms with Gasteiger partial charge in [-0.15, -0.1) is 0 Å². The molecule has 0 spiro atoms. The number of rotatable bonds is 2. The van der Waals surface area contributed by atoms with Gasteiger partial charge in [-0.05, 0) is 12.1 Å². The molecule has 0 fully saturated rings. The molecule has 0 unspecified atom stereocenters. The third-order valence-electron chi connectivity index (χ3n) is 1.89. The molecule has 1 aromatic heterocycles. The van der Waals surface area contributed by atoms with E-state index in [1.165, 1.54) is 0 Å². The van der Waals surface area contributed by atoms with E-state index in [0.29, 0.717) is 0 Å². The second-order valence-electron chi connectivity index (χ2n) is 2.87. The zero-order valence-corrected chi connectivity index (χ0v) is 6.96. The number of benzene rings is 1. The van der Waals surface area contributed by atoms with Crippen LogP contribution in [0.15, 0.2) is 30.6 Å². The Bertz CT molecular complexity index is 409. The average Bonchev–Trinajstić information content (AvgIpc) is 2.48. The number of imidazole rings is 1. The van der Waals surface area contributed by atoms with Gasteiger partial charge in [0, 0.05) is 0 Å². The largest absolute Gasteiger partial charge is 0.367 e. The maximum atomic E-state index is 8.79. The van der Waals surface area contributed by atoms with Gasteiger partial charge < -0.3 is 14.8 Å².